The lowest BCUT2D eigenvalue weighted by molar-refractivity contribution is -0.139. The van der Waals surface area contributed by atoms with Gasteiger partial charge >= 0.3 is 11.9 Å². The van der Waals surface area contributed by atoms with Crippen LogP contribution in [0, 0.1) is 0 Å². The van der Waals surface area contributed by atoms with Gasteiger partial charge in [-0.05, 0) is 25.0 Å². The quantitative estimate of drug-likeness (QED) is 0.308. The van der Waals surface area contributed by atoms with E-state index in [-0.39, 0.29) is 11.9 Å². The van der Waals surface area contributed by atoms with Crippen molar-refractivity contribution in [3.63, 3.8) is 0 Å². The Morgan fingerprint density at radius 1 is 1.12 bits per heavy atom. The van der Waals surface area contributed by atoms with Crippen molar-refractivity contribution in [2.75, 3.05) is 13.2 Å². The fourth-order valence-corrected chi connectivity index (χ4v) is 1.43. The van der Waals surface area contributed by atoms with Gasteiger partial charge in [0.2, 0.25) is 0 Å². The first-order valence-corrected chi connectivity index (χ1v) is 7.93. The maximum atomic E-state index is 11.5. The summed E-state index contributed by atoms with van der Waals surface area (Å²) >= 11 is 0. The number of hydrogen-bond acceptors (Lipinski definition) is 4. The van der Waals surface area contributed by atoms with Crippen LogP contribution in [-0.4, -0.2) is 25.2 Å². The average molecular weight is 330 g/mol. The summed E-state index contributed by atoms with van der Waals surface area (Å²) in [5.41, 5.74) is 1.42. The van der Waals surface area contributed by atoms with Crippen LogP contribution in [0.4, 0.5) is 0 Å². The van der Waals surface area contributed by atoms with Gasteiger partial charge < -0.3 is 9.47 Å². The Kier molecular flexibility index (Phi) is 12.5. The molecule has 4 nitrogen and oxygen atoms in total. The molecule has 0 fully saturated rings. The van der Waals surface area contributed by atoms with Gasteiger partial charge in [-0.1, -0.05) is 62.9 Å². The van der Waals surface area contributed by atoms with E-state index in [0.29, 0.717) is 18.8 Å². The number of hydrogen-bond donors (Lipinski definition) is 0. The second-order valence-electron chi connectivity index (χ2n) is 4.71. The first kappa shape index (κ1) is 21.4. The van der Waals surface area contributed by atoms with Gasteiger partial charge in [0.15, 0.2) is 0 Å². The molecular formula is C20H26O4. The Hall–Kier alpha value is -2.62. The molecule has 1 rings (SSSR count). The van der Waals surface area contributed by atoms with Crippen LogP contribution < -0.4 is 0 Å². The summed E-state index contributed by atoms with van der Waals surface area (Å²) in [6.07, 6.45) is 6.58. The van der Waals surface area contributed by atoms with E-state index in [1.54, 1.807) is 13.0 Å². The Bertz CT molecular complexity index is 544. The number of carbonyl (C=O) groups is 2. The van der Waals surface area contributed by atoms with Crippen LogP contribution in [0.15, 0.2) is 61.2 Å². The van der Waals surface area contributed by atoms with Crippen LogP contribution in [0.25, 0.3) is 6.08 Å². The zero-order chi connectivity index (χ0) is 18.2. The van der Waals surface area contributed by atoms with Gasteiger partial charge in [0.05, 0.1) is 18.8 Å². The van der Waals surface area contributed by atoms with Gasteiger partial charge in [0.25, 0.3) is 0 Å². The van der Waals surface area contributed by atoms with Crippen molar-refractivity contribution in [3.8, 4) is 0 Å². The van der Waals surface area contributed by atoms with E-state index >= 15 is 0 Å². The molecule has 0 amide bonds. The van der Waals surface area contributed by atoms with Gasteiger partial charge in [0.1, 0.15) is 0 Å². The molecule has 0 aliphatic heterocycles. The highest BCUT2D eigenvalue weighted by molar-refractivity contribution is 5.92. The van der Waals surface area contributed by atoms with Crippen LogP contribution in [0.3, 0.4) is 0 Å². The minimum Gasteiger partial charge on any atom is -0.463 e. The third-order valence-corrected chi connectivity index (χ3v) is 2.72. The predicted molar refractivity (Wildman–Crippen MR) is 97.3 cm³/mol. The highest BCUT2D eigenvalue weighted by Crippen LogP contribution is 2.05. The summed E-state index contributed by atoms with van der Waals surface area (Å²) in [5.74, 6) is -0.701. The Labute approximate surface area is 144 Å². The highest BCUT2D eigenvalue weighted by atomic mass is 16.5. The molecule has 4 heteroatoms. The molecule has 0 heterocycles. The normalized spacial score (nSPS) is 9.58. The average Bonchev–Trinajstić information content (AvgIpc) is 2.61. The fourth-order valence-electron chi connectivity index (χ4n) is 1.43. The molecule has 0 unspecified atom stereocenters. The predicted octanol–water partition coefficient (Wildman–Crippen LogP) is 4.33. The number of esters is 2. The van der Waals surface area contributed by atoms with Gasteiger partial charge in [0, 0.05) is 6.08 Å². The van der Waals surface area contributed by atoms with Crippen molar-refractivity contribution >= 4 is 18.0 Å². The third-order valence-electron chi connectivity index (χ3n) is 2.72. The van der Waals surface area contributed by atoms with Crippen LogP contribution in [0.5, 0.6) is 0 Å². The number of rotatable bonds is 8. The summed E-state index contributed by atoms with van der Waals surface area (Å²) in [6.45, 7) is 11.6. The minimum absolute atomic E-state index is 0.342. The summed E-state index contributed by atoms with van der Waals surface area (Å²) in [7, 11) is 0. The summed E-state index contributed by atoms with van der Waals surface area (Å²) in [4.78, 5) is 21.5. The topological polar surface area (TPSA) is 52.6 Å². The first-order valence-electron chi connectivity index (χ1n) is 7.93. The van der Waals surface area contributed by atoms with Gasteiger partial charge in [-0.15, -0.1) is 0 Å². The zero-order valence-electron chi connectivity index (χ0n) is 14.5. The first-order chi connectivity index (χ1) is 11.5. The minimum atomic E-state index is -0.359. The number of carbonyl (C=O) groups excluding carboxylic acids is 2. The van der Waals surface area contributed by atoms with Crippen LogP contribution in [0.2, 0.25) is 0 Å². The van der Waals surface area contributed by atoms with Gasteiger partial charge in [-0.3, -0.25) is 0 Å². The van der Waals surface area contributed by atoms with Crippen molar-refractivity contribution in [1.82, 2.24) is 0 Å². The van der Waals surface area contributed by atoms with Crippen molar-refractivity contribution in [3.05, 3.63) is 66.8 Å². The molecule has 1 aromatic rings. The number of ether oxygens (including phenoxy) is 2. The Morgan fingerprint density at radius 2 is 1.79 bits per heavy atom. The lowest BCUT2D eigenvalue weighted by Gasteiger charge is -2.02. The third kappa shape index (κ3) is 11.0. The zero-order valence-corrected chi connectivity index (χ0v) is 14.5. The molecule has 130 valence electrons. The molecular weight excluding hydrogens is 304 g/mol. The van der Waals surface area contributed by atoms with E-state index in [4.69, 9.17) is 4.74 Å². The molecule has 0 aliphatic carbocycles. The smallest absolute Gasteiger partial charge is 0.337 e. The van der Waals surface area contributed by atoms with E-state index in [9.17, 15) is 9.59 Å². The van der Waals surface area contributed by atoms with E-state index in [0.717, 1.165) is 24.5 Å². The van der Waals surface area contributed by atoms with Crippen molar-refractivity contribution in [2.24, 2.45) is 0 Å². The monoisotopic (exact) mass is 330 g/mol. The summed E-state index contributed by atoms with van der Waals surface area (Å²) < 4.78 is 9.48. The molecule has 0 N–H and O–H groups in total. The fraction of sp³-hybridized carbons (Fsp3) is 0.300. The molecule has 0 saturated heterocycles. The molecule has 0 aromatic heterocycles. The van der Waals surface area contributed by atoms with E-state index in [2.05, 4.69) is 24.8 Å². The molecule has 0 saturated carbocycles. The van der Waals surface area contributed by atoms with Crippen molar-refractivity contribution in [1.29, 1.82) is 0 Å². The standard InChI is InChI=1S/C15H18O2.C5H8O2/c1-3-4-12-17-15(16)13(2)10-11-14-8-6-5-7-9-14;1-3-5(6)7-4-2/h5-11H,2-4,12H2,1H3;3H,1,4H2,2H3. The molecule has 0 spiro atoms. The van der Waals surface area contributed by atoms with Gasteiger partial charge in [-0.25, -0.2) is 9.59 Å². The number of benzene rings is 1. The van der Waals surface area contributed by atoms with E-state index in [1.165, 1.54) is 0 Å². The Morgan fingerprint density at radius 3 is 2.29 bits per heavy atom. The van der Waals surface area contributed by atoms with Crippen molar-refractivity contribution < 1.29 is 19.1 Å². The largest absolute Gasteiger partial charge is 0.463 e. The molecule has 0 aliphatic rings. The maximum Gasteiger partial charge on any atom is 0.337 e. The summed E-state index contributed by atoms with van der Waals surface area (Å²) in [6, 6.07) is 9.77. The van der Waals surface area contributed by atoms with Crippen molar-refractivity contribution in [2.45, 2.75) is 26.7 Å². The molecule has 0 bridgehead atoms. The number of unbranched alkanes of at least 4 members (excludes halogenated alkanes) is 1. The molecule has 0 radical (unpaired) electrons. The van der Waals surface area contributed by atoms with Gasteiger partial charge in [-0.2, -0.15) is 0 Å². The molecule has 0 atom stereocenters. The second-order valence-corrected chi connectivity index (χ2v) is 4.71. The highest BCUT2D eigenvalue weighted by Gasteiger charge is 2.04. The Balaban J connectivity index is 0.000000640. The second kappa shape index (κ2) is 14.0. The molecule has 1 aromatic carbocycles. The molecule has 24 heavy (non-hydrogen) atoms. The van der Waals surface area contributed by atoms with Crippen LogP contribution >= 0.6 is 0 Å². The van der Waals surface area contributed by atoms with Crippen LogP contribution in [-0.2, 0) is 19.1 Å². The SMILES string of the molecule is C=C(C=Cc1ccccc1)C(=O)OCCCC.C=CC(=O)OCC. The van der Waals surface area contributed by atoms with E-state index in [1.807, 2.05) is 36.4 Å². The summed E-state index contributed by atoms with van der Waals surface area (Å²) in [5, 5.41) is 0. The maximum absolute atomic E-state index is 11.5. The lowest BCUT2D eigenvalue weighted by atomic mass is 10.2. The van der Waals surface area contributed by atoms with Crippen LogP contribution in [0.1, 0.15) is 32.3 Å². The van der Waals surface area contributed by atoms with E-state index < -0.39 is 0 Å². The lowest BCUT2D eigenvalue weighted by Crippen LogP contribution is -2.06.